The van der Waals surface area contributed by atoms with Gasteiger partial charge in [-0.3, -0.25) is 4.79 Å². The zero-order valence-corrected chi connectivity index (χ0v) is 10.7. The van der Waals surface area contributed by atoms with Gasteiger partial charge in [0.15, 0.2) is 0 Å². The van der Waals surface area contributed by atoms with Gasteiger partial charge in [-0.2, -0.15) is 0 Å². The highest BCUT2D eigenvalue weighted by Gasteiger charge is 2.35. The Kier molecular flexibility index (Phi) is 3.55. The van der Waals surface area contributed by atoms with Gasteiger partial charge in [0, 0.05) is 17.1 Å². The smallest absolute Gasteiger partial charge is 0.227 e. The van der Waals surface area contributed by atoms with Crippen molar-refractivity contribution in [2.45, 2.75) is 31.9 Å². The van der Waals surface area contributed by atoms with E-state index in [1.54, 1.807) is 30.0 Å². The summed E-state index contributed by atoms with van der Waals surface area (Å²) in [6.07, 6.45) is 0.479. The molecule has 0 bridgehead atoms. The molecular weight excluding hydrogens is 252 g/mol. The van der Waals surface area contributed by atoms with Crippen LogP contribution in [0.25, 0.3) is 4.85 Å². The number of halogens is 1. The Balaban J connectivity index is 2.38. The zero-order chi connectivity index (χ0) is 13.3. The Bertz CT molecular complexity index is 522. The van der Waals surface area contributed by atoms with E-state index < -0.39 is 6.10 Å². The third-order valence-electron chi connectivity index (χ3n) is 3.14. The maximum atomic E-state index is 11.9. The van der Waals surface area contributed by atoms with E-state index in [2.05, 4.69) is 4.85 Å². The van der Waals surface area contributed by atoms with E-state index in [9.17, 15) is 9.90 Å². The first-order chi connectivity index (χ1) is 8.54. The number of amides is 1. The molecular formula is C13H13ClN2O2. The fourth-order valence-corrected chi connectivity index (χ4v) is 2.45. The van der Waals surface area contributed by atoms with Crippen molar-refractivity contribution in [3.8, 4) is 0 Å². The van der Waals surface area contributed by atoms with Crippen LogP contribution >= 0.6 is 11.6 Å². The number of rotatable bonds is 2. The van der Waals surface area contributed by atoms with Gasteiger partial charge in [-0.15, -0.1) is 0 Å². The van der Waals surface area contributed by atoms with Crippen LogP contribution in [-0.4, -0.2) is 23.2 Å². The number of hydrogen-bond acceptors (Lipinski definition) is 2. The molecule has 94 valence electrons. The number of aliphatic hydroxyl groups is 1. The minimum Gasteiger partial charge on any atom is -0.391 e. The van der Waals surface area contributed by atoms with Crippen molar-refractivity contribution in [2.24, 2.45) is 0 Å². The van der Waals surface area contributed by atoms with Crippen molar-refractivity contribution in [2.75, 3.05) is 4.90 Å². The molecule has 2 rings (SSSR count). The lowest BCUT2D eigenvalue weighted by Crippen LogP contribution is -2.39. The molecule has 0 unspecified atom stereocenters. The number of aliphatic hydroxyl groups excluding tert-OH is 1. The van der Waals surface area contributed by atoms with Gasteiger partial charge in [0.05, 0.1) is 18.7 Å². The van der Waals surface area contributed by atoms with Gasteiger partial charge in [-0.1, -0.05) is 17.7 Å². The summed E-state index contributed by atoms with van der Waals surface area (Å²) >= 11 is 5.97. The summed E-state index contributed by atoms with van der Waals surface area (Å²) in [6, 6.07) is 4.67. The van der Waals surface area contributed by atoms with Gasteiger partial charge in [0.25, 0.3) is 0 Å². The monoisotopic (exact) mass is 264 g/mol. The zero-order valence-electron chi connectivity index (χ0n) is 9.93. The Morgan fingerprint density at radius 1 is 1.61 bits per heavy atom. The van der Waals surface area contributed by atoms with Crippen LogP contribution in [-0.2, 0) is 4.79 Å². The second-order valence-electron chi connectivity index (χ2n) is 4.36. The molecule has 1 heterocycles. The van der Waals surface area contributed by atoms with Gasteiger partial charge in [0.2, 0.25) is 11.6 Å². The van der Waals surface area contributed by atoms with Gasteiger partial charge < -0.3 is 10.0 Å². The normalized spacial score (nSPS) is 20.9. The molecule has 0 aromatic heterocycles. The van der Waals surface area contributed by atoms with Crippen LogP contribution in [0.1, 0.15) is 19.8 Å². The summed E-state index contributed by atoms with van der Waals surface area (Å²) < 4.78 is 0. The highest BCUT2D eigenvalue weighted by Crippen LogP contribution is 2.34. The van der Waals surface area contributed by atoms with E-state index >= 15 is 0 Å². The average Bonchev–Trinajstić information content (AvgIpc) is 2.71. The Hall–Kier alpha value is -1.57. The quantitative estimate of drug-likeness (QED) is 0.835. The molecule has 1 amide bonds. The van der Waals surface area contributed by atoms with Crippen LogP contribution in [0.3, 0.4) is 0 Å². The van der Waals surface area contributed by atoms with Crippen molar-refractivity contribution in [3.63, 3.8) is 0 Å². The molecule has 4 nitrogen and oxygen atoms in total. The topological polar surface area (TPSA) is 44.9 Å². The van der Waals surface area contributed by atoms with Crippen molar-refractivity contribution < 1.29 is 9.90 Å². The van der Waals surface area contributed by atoms with Gasteiger partial charge in [-0.05, 0) is 25.5 Å². The minimum absolute atomic E-state index is 0.0208. The maximum absolute atomic E-state index is 11.9. The van der Waals surface area contributed by atoms with Crippen LogP contribution in [0, 0.1) is 6.57 Å². The highest BCUT2D eigenvalue weighted by molar-refractivity contribution is 6.33. The molecule has 1 aromatic rings. The highest BCUT2D eigenvalue weighted by atomic mass is 35.5. The molecule has 0 spiro atoms. The molecule has 18 heavy (non-hydrogen) atoms. The molecule has 1 aliphatic heterocycles. The molecule has 1 aromatic carbocycles. The van der Waals surface area contributed by atoms with Crippen LogP contribution in [0.2, 0.25) is 5.02 Å². The van der Waals surface area contributed by atoms with E-state index in [0.29, 0.717) is 29.2 Å². The van der Waals surface area contributed by atoms with Crippen LogP contribution in [0.4, 0.5) is 11.4 Å². The molecule has 1 saturated heterocycles. The molecule has 1 aliphatic rings. The van der Waals surface area contributed by atoms with Crippen LogP contribution in [0.5, 0.6) is 0 Å². The number of nitrogens with zero attached hydrogens (tertiary/aromatic N) is 2. The summed E-state index contributed by atoms with van der Waals surface area (Å²) in [4.78, 5) is 16.7. The van der Waals surface area contributed by atoms with Gasteiger partial charge in [0.1, 0.15) is 0 Å². The Labute approximate surface area is 111 Å². The molecule has 5 heteroatoms. The number of hydrogen-bond donors (Lipinski definition) is 1. The average molecular weight is 265 g/mol. The van der Waals surface area contributed by atoms with E-state index in [-0.39, 0.29) is 11.9 Å². The first-order valence-corrected chi connectivity index (χ1v) is 6.09. The Morgan fingerprint density at radius 3 is 2.89 bits per heavy atom. The van der Waals surface area contributed by atoms with Crippen molar-refractivity contribution in [1.29, 1.82) is 0 Å². The van der Waals surface area contributed by atoms with Crippen molar-refractivity contribution >= 4 is 28.9 Å². The number of carbonyl (C=O) groups excluding carboxylic acids is 1. The maximum Gasteiger partial charge on any atom is 0.227 e. The van der Waals surface area contributed by atoms with E-state index in [4.69, 9.17) is 18.2 Å². The fraction of sp³-hybridized carbons (Fsp3) is 0.385. The van der Waals surface area contributed by atoms with E-state index in [0.717, 1.165) is 0 Å². The predicted molar refractivity (Wildman–Crippen MR) is 69.9 cm³/mol. The molecule has 1 fully saturated rings. The van der Waals surface area contributed by atoms with Crippen LogP contribution < -0.4 is 4.90 Å². The number of anilines is 1. The number of benzene rings is 1. The molecule has 0 radical (unpaired) electrons. The standard InChI is InChI=1S/C13H13ClN2O2/c1-8(17)12-5-6-13(18)16(12)9-3-4-11(15-2)10(14)7-9/h3-4,7-8,12,17H,5-6H2,1H3/t8-,12-/m1/s1. The SMILES string of the molecule is [C-]#[N+]c1ccc(N2C(=O)CC[C@@H]2[C@@H](C)O)cc1Cl. The summed E-state index contributed by atoms with van der Waals surface area (Å²) in [6.45, 7) is 8.60. The summed E-state index contributed by atoms with van der Waals surface area (Å²) in [5.74, 6) is -0.0208. The minimum atomic E-state index is -0.587. The van der Waals surface area contributed by atoms with Crippen molar-refractivity contribution in [3.05, 3.63) is 34.6 Å². The summed E-state index contributed by atoms with van der Waals surface area (Å²) in [7, 11) is 0. The lowest BCUT2D eigenvalue weighted by molar-refractivity contribution is -0.117. The van der Waals surface area contributed by atoms with Crippen LogP contribution in [0.15, 0.2) is 18.2 Å². The van der Waals surface area contributed by atoms with E-state index in [1.165, 1.54) is 0 Å². The second-order valence-corrected chi connectivity index (χ2v) is 4.77. The third-order valence-corrected chi connectivity index (χ3v) is 3.44. The molecule has 0 aliphatic carbocycles. The summed E-state index contributed by atoms with van der Waals surface area (Å²) in [5.41, 5.74) is 1.00. The first-order valence-electron chi connectivity index (χ1n) is 5.71. The summed E-state index contributed by atoms with van der Waals surface area (Å²) in [5, 5.41) is 10.0. The molecule has 0 saturated carbocycles. The predicted octanol–water partition coefficient (Wildman–Crippen LogP) is 2.77. The largest absolute Gasteiger partial charge is 0.391 e. The second kappa shape index (κ2) is 4.97. The molecule has 1 N–H and O–H groups in total. The first kappa shape index (κ1) is 12.9. The lowest BCUT2D eigenvalue weighted by atomic mass is 10.1. The lowest BCUT2D eigenvalue weighted by Gasteiger charge is -2.27. The van der Waals surface area contributed by atoms with Gasteiger partial charge >= 0.3 is 0 Å². The number of carbonyl (C=O) groups is 1. The van der Waals surface area contributed by atoms with E-state index in [1.807, 2.05) is 0 Å². The van der Waals surface area contributed by atoms with Gasteiger partial charge in [-0.25, -0.2) is 4.85 Å². The third kappa shape index (κ3) is 2.20. The molecule has 2 atom stereocenters. The fourth-order valence-electron chi connectivity index (χ4n) is 2.23. The van der Waals surface area contributed by atoms with Crippen molar-refractivity contribution in [1.82, 2.24) is 0 Å². The Morgan fingerprint density at radius 2 is 2.33 bits per heavy atom.